The van der Waals surface area contributed by atoms with E-state index in [1.807, 2.05) is 37.3 Å². The molecule has 0 radical (unpaired) electrons. The quantitative estimate of drug-likeness (QED) is 0.427. The number of hydrogen-bond acceptors (Lipinski definition) is 5. The van der Waals surface area contributed by atoms with E-state index in [1.165, 1.54) is 18.9 Å². The van der Waals surface area contributed by atoms with Gasteiger partial charge in [-0.2, -0.15) is 4.98 Å². The lowest BCUT2D eigenvalue weighted by Crippen LogP contribution is -2.12. The number of halogens is 1. The van der Waals surface area contributed by atoms with Gasteiger partial charge in [-0.15, -0.1) is 5.10 Å². The van der Waals surface area contributed by atoms with Gasteiger partial charge in [-0.25, -0.2) is 9.07 Å². The molecule has 3 heterocycles. The Labute approximate surface area is 196 Å². The monoisotopic (exact) mass is 454 g/mol. The maximum atomic E-state index is 15.0. The Morgan fingerprint density at radius 2 is 1.91 bits per heavy atom. The van der Waals surface area contributed by atoms with Gasteiger partial charge in [0.1, 0.15) is 5.82 Å². The van der Waals surface area contributed by atoms with Crippen molar-refractivity contribution in [3.63, 3.8) is 0 Å². The Balaban J connectivity index is 1.26. The van der Waals surface area contributed by atoms with E-state index in [0.29, 0.717) is 47.5 Å². The number of carbonyl (C=O) groups excluding carboxylic acids is 1. The Morgan fingerprint density at radius 1 is 1.09 bits per heavy atom. The Hall–Kier alpha value is -4.07. The molecule has 2 aromatic heterocycles. The minimum Gasteiger partial charge on any atom is -0.348 e. The number of rotatable bonds is 6. The van der Waals surface area contributed by atoms with Crippen LogP contribution in [0.3, 0.4) is 0 Å². The average molecular weight is 455 g/mol. The standard InChI is InChI=1S/C26H23FN6O/c1-2-33-26(30-19-7-9-21-18(11-19)14-29-25(21)34)31-24(32-33)16-5-8-20(22(27)12-16)17-6-10-23(28-13-17)15-3-4-15/h5-13,15H,2-4,14H2,1H3,(H,29,34)(H,30,31,32). The third-order valence-corrected chi connectivity index (χ3v) is 6.34. The third kappa shape index (κ3) is 3.71. The lowest BCUT2D eigenvalue weighted by atomic mass is 10.0. The Morgan fingerprint density at radius 3 is 2.65 bits per heavy atom. The first kappa shape index (κ1) is 20.5. The molecule has 2 aliphatic rings. The summed E-state index contributed by atoms with van der Waals surface area (Å²) >= 11 is 0. The third-order valence-electron chi connectivity index (χ3n) is 6.34. The molecule has 6 rings (SSSR count). The summed E-state index contributed by atoms with van der Waals surface area (Å²) in [4.78, 5) is 20.9. The van der Waals surface area contributed by atoms with E-state index in [-0.39, 0.29) is 11.7 Å². The first-order chi connectivity index (χ1) is 16.6. The molecule has 170 valence electrons. The number of nitrogens with zero attached hydrogens (tertiary/aromatic N) is 4. The van der Waals surface area contributed by atoms with Crippen molar-refractivity contribution in [1.82, 2.24) is 25.1 Å². The maximum Gasteiger partial charge on any atom is 0.251 e. The molecule has 1 fully saturated rings. The predicted octanol–water partition coefficient (Wildman–Crippen LogP) is 5.03. The molecular weight excluding hydrogens is 431 g/mol. The number of aromatic nitrogens is 4. The molecular formula is C26H23FN6O. The zero-order valence-electron chi connectivity index (χ0n) is 18.7. The fourth-order valence-electron chi connectivity index (χ4n) is 4.29. The van der Waals surface area contributed by atoms with Crippen LogP contribution < -0.4 is 10.6 Å². The molecule has 8 heteroatoms. The molecule has 1 saturated carbocycles. The zero-order chi connectivity index (χ0) is 23.2. The first-order valence-corrected chi connectivity index (χ1v) is 11.5. The highest BCUT2D eigenvalue weighted by Crippen LogP contribution is 2.39. The molecule has 1 aliphatic heterocycles. The number of carbonyl (C=O) groups is 1. The lowest BCUT2D eigenvalue weighted by Gasteiger charge is -2.07. The van der Waals surface area contributed by atoms with Crippen molar-refractivity contribution in [2.45, 2.75) is 38.8 Å². The molecule has 4 aromatic rings. The summed E-state index contributed by atoms with van der Waals surface area (Å²) in [6, 6.07) is 14.6. The second kappa shape index (κ2) is 8.06. The number of hydrogen-bond donors (Lipinski definition) is 2. The Bertz CT molecular complexity index is 1410. The van der Waals surface area contributed by atoms with Crippen molar-refractivity contribution in [3.8, 4) is 22.5 Å². The van der Waals surface area contributed by atoms with Crippen molar-refractivity contribution in [2.75, 3.05) is 5.32 Å². The van der Waals surface area contributed by atoms with Crippen LogP contribution >= 0.6 is 0 Å². The molecule has 1 aliphatic carbocycles. The highest BCUT2D eigenvalue weighted by Gasteiger charge is 2.25. The first-order valence-electron chi connectivity index (χ1n) is 11.5. The number of aryl methyl sites for hydroxylation is 1. The molecule has 7 nitrogen and oxygen atoms in total. The largest absolute Gasteiger partial charge is 0.348 e. The second-order valence-corrected chi connectivity index (χ2v) is 8.70. The number of nitrogens with one attached hydrogen (secondary N) is 2. The molecule has 1 amide bonds. The number of anilines is 2. The summed E-state index contributed by atoms with van der Waals surface area (Å²) in [5.74, 6) is 1.17. The smallest absolute Gasteiger partial charge is 0.251 e. The van der Waals surface area contributed by atoms with Crippen LogP contribution in [0.4, 0.5) is 16.0 Å². The molecule has 0 unspecified atom stereocenters. The lowest BCUT2D eigenvalue weighted by molar-refractivity contribution is 0.0965. The summed E-state index contributed by atoms with van der Waals surface area (Å²) in [6.45, 7) is 3.08. The highest BCUT2D eigenvalue weighted by molar-refractivity contribution is 5.98. The predicted molar refractivity (Wildman–Crippen MR) is 127 cm³/mol. The molecule has 2 aromatic carbocycles. The van der Waals surface area contributed by atoms with Crippen LogP contribution in [0.5, 0.6) is 0 Å². The van der Waals surface area contributed by atoms with Crippen LogP contribution in [0.25, 0.3) is 22.5 Å². The number of amides is 1. The van der Waals surface area contributed by atoms with Crippen molar-refractivity contribution in [3.05, 3.63) is 77.4 Å². The van der Waals surface area contributed by atoms with Gasteiger partial charge in [0.25, 0.3) is 5.91 Å². The van der Waals surface area contributed by atoms with Gasteiger partial charge in [-0.1, -0.05) is 18.2 Å². The van der Waals surface area contributed by atoms with E-state index in [0.717, 1.165) is 22.5 Å². The summed E-state index contributed by atoms with van der Waals surface area (Å²) in [5.41, 5.74) is 5.39. The summed E-state index contributed by atoms with van der Waals surface area (Å²) in [6.07, 6.45) is 4.12. The van der Waals surface area contributed by atoms with Crippen LogP contribution in [0.1, 0.15) is 47.3 Å². The maximum absolute atomic E-state index is 15.0. The van der Waals surface area contributed by atoms with Crippen LogP contribution in [0.2, 0.25) is 0 Å². The van der Waals surface area contributed by atoms with Gasteiger partial charge in [-0.3, -0.25) is 9.78 Å². The van der Waals surface area contributed by atoms with E-state index in [1.54, 1.807) is 23.0 Å². The van der Waals surface area contributed by atoms with Gasteiger partial charge in [0.15, 0.2) is 5.82 Å². The average Bonchev–Trinajstić information content (AvgIpc) is 3.53. The second-order valence-electron chi connectivity index (χ2n) is 8.70. The fourth-order valence-corrected chi connectivity index (χ4v) is 4.29. The molecule has 0 bridgehead atoms. The van der Waals surface area contributed by atoms with Gasteiger partial charge in [0.05, 0.1) is 0 Å². The van der Waals surface area contributed by atoms with E-state index >= 15 is 4.39 Å². The molecule has 34 heavy (non-hydrogen) atoms. The van der Waals surface area contributed by atoms with Gasteiger partial charge >= 0.3 is 0 Å². The minimum atomic E-state index is -0.336. The van der Waals surface area contributed by atoms with E-state index in [4.69, 9.17) is 0 Å². The van der Waals surface area contributed by atoms with Crippen LogP contribution in [0.15, 0.2) is 54.7 Å². The highest BCUT2D eigenvalue weighted by atomic mass is 19.1. The van der Waals surface area contributed by atoms with Gasteiger partial charge in [0.2, 0.25) is 5.95 Å². The normalized spacial score (nSPS) is 14.7. The number of benzene rings is 2. The number of fused-ring (bicyclic) bond motifs is 1. The SMILES string of the molecule is CCn1nc(-c2ccc(-c3ccc(C4CC4)nc3)c(F)c2)nc1Nc1ccc2c(c1)CNC2=O. The minimum absolute atomic E-state index is 0.0549. The van der Waals surface area contributed by atoms with Crippen molar-refractivity contribution in [1.29, 1.82) is 0 Å². The van der Waals surface area contributed by atoms with Crippen LogP contribution in [-0.4, -0.2) is 25.7 Å². The van der Waals surface area contributed by atoms with Crippen molar-refractivity contribution < 1.29 is 9.18 Å². The van der Waals surface area contributed by atoms with Crippen molar-refractivity contribution in [2.24, 2.45) is 0 Å². The number of pyridine rings is 1. The fraction of sp³-hybridized carbons (Fsp3) is 0.231. The summed E-state index contributed by atoms with van der Waals surface area (Å²) in [5, 5.41) is 10.7. The molecule has 2 N–H and O–H groups in total. The van der Waals surface area contributed by atoms with Crippen LogP contribution in [-0.2, 0) is 13.1 Å². The molecule has 0 atom stereocenters. The topological polar surface area (TPSA) is 84.7 Å². The zero-order valence-corrected chi connectivity index (χ0v) is 18.7. The van der Waals surface area contributed by atoms with Crippen LogP contribution in [0, 0.1) is 5.82 Å². The van der Waals surface area contributed by atoms with Gasteiger partial charge < -0.3 is 10.6 Å². The summed E-state index contributed by atoms with van der Waals surface area (Å²) < 4.78 is 16.8. The van der Waals surface area contributed by atoms with E-state index < -0.39 is 0 Å². The molecule has 0 saturated heterocycles. The Kier molecular flexibility index (Phi) is 4.86. The molecule has 0 spiro atoms. The van der Waals surface area contributed by atoms with E-state index in [2.05, 4.69) is 25.7 Å². The van der Waals surface area contributed by atoms with Gasteiger partial charge in [0, 0.05) is 58.8 Å². The summed E-state index contributed by atoms with van der Waals surface area (Å²) in [7, 11) is 0. The van der Waals surface area contributed by atoms with Crippen molar-refractivity contribution >= 4 is 17.5 Å². The van der Waals surface area contributed by atoms with E-state index in [9.17, 15) is 4.79 Å². The van der Waals surface area contributed by atoms with Gasteiger partial charge in [-0.05, 0) is 55.7 Å².